The van der Waals surface area contributed by atoms with E-state index in [9.17, 15) is 14.4 Å². The van der Waals surface area contributed by atoms with Crippen LogP contribution in [-0.2, 0) is 28.6 Å². The monoisotopic (exact) mass is 451 g/mol. The van der Waals surface area contributed by atoms with E-state index in [0.29, 0.717) is 30.6 Å². The van der Waals surface area contributed by atoms with Crippen molar-refractivity contribution in [2.45, 2.75) is 96.9 Å². The summed E-state index contributed by atoms with van der Waals surface area (Å²) >= 11 is 0. The Balaban J connectivity index is 2.13. The lowest BCUT2D eigenvalue weighted by Gasteiger charge is -2.20. The fourth-order valence-corrected chi connectivity index (χ4v) is 3.78. The molecule has 0 aliphatic heterocycles. The zero-order chi connectivity index (χ0) is 23.9. The van der Waals surface area contributed by atoms with Gasteiger partial charge in [-0.1, -0.05) is 58.3 Å². The molecular weight excluding hydrogens is 410 g/mol. The predicted molar refractivity (Wildman–Crippen MR) is 124 cm³/mol. The second-order valence-electron chi connectivity index (χ2n) is 8.32. The molecule has 1 rings (SSSR count). The third-order valence-electron chi connectivity index (χ3n) is 5.83. The third kappa shape index (κ3) is 8.77. The van der Waals surface area contributed by atoms with Crippen LogP contribution in [0, 0.1) is 0 Å². The van der Waals surface area contributed by atoms with E-state index in [1.807, 2.05) is 0 Å². The zero-order valence-corrected chi connectivity index (χ0v) is 20.3. The molecule has 0 bridgehead atoms. The first-order valence-electron chi connectivity index (χ1n) is 11.9. The average Bonchev–Trinajstić information content (AvgIpc) is 2.79. The van der Waals surface area contributed by atoms with E-state index < -0.39 is 6.04 Å². The summed E-state index contributed by atoms with van der Waals surface area (Å²) in [6.07, 6.45) is 11.5. The predicted octanol–water partition coefficient (Wildman–Crippen LogP) is 4.53. The number of methoxy groups -OCH3 is 2. The molecule has 0 aromatic heterocycles. The number of nitrogens with two attached hydrogens (primary N) is 1. The Morgan fingerprint density at radius 1 is 0.844 bits per heavy atom. The van der Waals surface area contributed by atoms with Crippen LogP contribution in [0.5, 0.6) is 0 Å². The SMILES string of the molecule is CCCCC(N)C(=O)OCCCCCCCCCCC1=C(C)C(=O)C(OC)=C(OC)C1=O. The Kier molecular flexibility index (Phi) is 13.6. The Labute approximate surface area is 192 Å². The molecular formula is C25H41NO6. The van der Waals surface area contributed by atoms with Crippen LogP contribution in [0.3, 0.4) is 0 Å². The highest BCUT2D eigenvalue weighted by Gasteiger charge is 2.34. The van der Waals surface area contributed by atoms with Crippen LogP contribution in [0.1, 0.15) is 90.9 Å². The number of carbonyl (C=O) groups excluding carboxylic acids is 3. The van der Waals surface area contributed by atoms with E-state index in [-0.39, 0.29) is 29.1 Å². The summed E-state index contributed by atoms with van der Waals surface area (Å²) in [5.74, 6) is -0.797. The number of hydrogen-bond acceptors (Lipinski definition) is 7. The number of ether oxygens (including phenoxy) is 3. The molecule has 182 valence electrons. The minimum absolute atomic E-state index is 0.00622. The van der Waals surface area contributed by atoms with E-state index in [2.05, 4.69) is 6.92 Å². The molecule has 7 heteroatoms. The van der Waals surface area contributed by atoms with Crippen molar-refractivity contribution >= 4 is 17.5 Å². The third-order valence-corrected chi connectivity index (χ3v) is 5.83. The maximum atomic E-state index is 12.6. The first-order valence-corrected chi connectivity index (χ1v) is 11.9. The second kappa shape index (κ2) is 15.6. The van der Waals surface area contributed by atoms with Crippen LogP contribution in [0.15, 0.2) is 22.7 Å². The van der Waals surface area contributed by atoms with Gasteiger partial charge in [0.05, 0.1) is 20.8 Å². The number of ketones is 2. The van der Waals surface area contributed by atoms with Crippen LogP contribution in [-0.4, -0.2) is 44.4 Å². The van der Waals surface area contributed by atoms with Gasteiger partial charge >= 0.3 is 5.97 Å². The van der Waals surface area contributed by atoms with Crippen LogP contribution in [0.4, 0.5) is 0 Å². The Morgan fingerprint density at radius 3 is 1.94 bits per heavy atom. The standard InChI is InChI=1S/C25H41NO6/c1-5-6-16-20(26)25(29)32-17-14-12-10-8-7-9-11-13-15-19-18(2)21(27)23(30-3)24(31-4)22(19)28/h20H,5-17,26H2,1-4H3. The van der Waals surface area contributed by atoms with Gasteiger partial charge in [-0.25, -0.2) is 0 Å². The van der Waals surface area contributed by atoms with Gasteiger partial charge in [-0.05, 0) is 32.6 Å². The summed E-state index contributed by atoms with van der Waals surface area (Å²) in [4.78, 5) is 36.7. The Bertz CT molecular complexity index is 695. The zero-order valence-electron chi connectivity index (χ0n) is 20.3. The van der Waals surface area contributed by atoms with Crippen molar-refractivity contribution in [3.63, 3.8) is 0 Å². The van der Waals surface area contributed by atoms with Gasteiger partial charge in [0.25, 0.3) is 0 Å². The molecule has 2 N–H and O–H groups in total. The first kappa shape index (κ1) is 27.9. The highest BCUT2D eigenvalue weighted by Crippen LogP contribution is 2.28. The van der Waals surface area contributed by atoms with E-state index in [0.717, 1.165) is 64.2 Å². The molecule has 0 aromatic carbocycles. The molecule has 0 spiro atoms. The van der Waals surface area contributed by atoms with Crippen LogP contribution < -0.4 is 5.73 Å². The maximum absolute atomic E-state index is 12.6. The fourth-order valence-electron chi connectivity index (χ4n) is 3.78. The van der Waals surface area contributed by atoms with Gasteiger partial charge in [0.1, 0.15) is 6.04 Å². The van der Waals surface area contributed by atoms with Crippen molar-refractivity contribution in [1.82, 2.24) is 0 Å². The molecule has 0 fully saturated rings. The molecule has 0 saturated carbocycles. The van der Waals surface area contributed by atoms with Gasteiger partial charge in [0, 0.05) is 11.1 Å². The minimum atomic E-state index is -0.490. The van der Waals surface area contributed by atoms with E-state index >= 15 is 0 Å². The smallest absolute Gasteiger partial charge is 0.322 e. The number of hydrogen-bond donors (Lipinski definition) is 1. The minimum Gasteiger partial charge on any atom is -0.489 e. The maximum Gasteiger partial charge on any atom is 0.322 e. The average molecular weight is 452 g/mol. The van der Waals surface area contributed by atoms with Crippen LogP contribution >= 0.6 is 0 Å². The summed E-state index contributed by atoms with van der Waals surface area (Å²) in [7, 11) is 2.75. The van der Waals surface area contributed by atoms with Gasteiger partial charge in [-0.2, -0.15) is 0 Å². The molecule has 7 nitrogen and oxygen atoms in total. The molecule has 1 atom stereocenters. The van der Waals surface area contributed by atoms with Crippen molar-refractivity contribution in [2.75, 3.05) is 20.8 Å². The van der Waals surface area contributed by atoms with E-state index in [4.69, 9.17) is 19.9 Å². The Hall–Kier alpha value is -2.15. The summed E-state index contributed by atoms with van der Waals surface area (Å²) in [6, 6.07) is -0.490. The summed E-state index contributed by atoms with van der Waals surface area (Å²) in [5, 5.41) is 0. The fraction of sp³-hybridized carbons (Fsp3) is 0.720. The number of esters is 1. The molecule has 1 unspecified atom stereocenters. The highest BCUT2D eigenvalue weighted by molar-refractivity contribution is 6.23. The van der Waals surface area contributed by atoms with Crippen LogP contribution in [0.25, 0.3) is 0 Å². The van der Waals surface area contributed by atoms with Gasteiger partial charge in [0.2, 0.25) is 23.1 Å². The lowest BCUT2D eigenvalue weighted by Crippen LogP contribution is -2.32. The molecule has 0 saturated heterocycles. The molecule has 0 heterocycles. The number of allylic oxidation sites excluding steroid dienone is 2. The Morgan fingerprint density at radius 2 is 1.38 bits per heavy atom. The number of unbranched alkanes of at least 4 members (excludes halogenated alkanes) is 8. The van der Waals surface area contributed by atoms with Gasteiger partial charge < -0.3 is 19.9 Å². The van der Waals surface area contributed by atoms with E-state index in [1.165, 1.54) is 14.2 Å². The number of rotatable bonds is 17. The molecule has 0 aromatic rings. The van der Waals surface area contributed by atoms with E-state index in [1.54, 1.807) is 6.92 Å². The van der Waals surface area contributed by atoms with Crippen molar-refractivity contribution in [3.05, 3.63) is 22.7 Å². The molecule has 1 aliphatic carbocycles. The second-order valence-corrected chi connectivity index (χ2v) is 8.32. The number of carbonyl (C=O) groups is 3. The highest BCUT2D eigenvalue weighted by atomic mass is 16.5. The topological polar surface area (TPSA) is 105 Å². The molecule has 1 aliphatic rings. The van der Waals surface area contributed by atoms with Crippen molar-refractivity contribution in [1.29, 1.82) is 0 Å². The molecule has 32 heavy (non-hydrogen) atoms. The summed E-state index contributed by atoms with van der Waals surface area (Å²) < 4.78 is 15.4. The van der Waals surface area contributed by atoms with Crippen molar-refractivity contribution < 1.29 is 28.6 Å². The largest absolute Gasteiger partial charge is 0.489 e. The van der Waals surface area contributed by atoms with Gasteiger partial charge in [-0.3, -0.25) is 14.4 Å². The van der Waals surface area contributed by atoms with Crippen molar-refractivity contribution in [3.8, 4) is 0 Å². The lowest BCUT2D eigenvalue weighted by atomic mass is 9.89. The lowest BCUT2D eigenvalue weighted by molar-refractivity contribution is -0.145. The van der Waals surface area contributed by atoms with Gasteiger partial charge in [0.15, 0.2) is 0 Å². The first-order chi connectivity index (χ1) is 15.4. The summed E-state index contributed by atoms with van der Waals surface area (Å²) in [5.41, 5.74) is 6.79. The summed E-state index contributed by atoms with van der Waals surface area (Å²) in [6.45, 7) is 4.20. The van der Waals surface area contributed by atoms with Gasteiger partial charge in [-0.15, -0.1) is 0 Å². The quantitative estimate of drug-likeness (QED) is 0.197. The van der Waals surface area contributed by atoms with Crippen molar-refractivity contribution in [2.24, 2.45) is 5.73 Å². The molecule has 0 amide bonds. The number of Topliss-reactive ketones (excluding diaryl/α,β-unsaturated/α-hetero) is 2. The van der Waals surface area contributed by atoms with Crippen LogP contribution in [0.2, 0.25) is 0 Å². The molecule has 0 radical (unpaired) electrons. The normalized spacial score (nSPS) is 15.3.